The van der Waals surface area contributed by atoms with Crippen molar-refractivity contribution in [1.29, 1.82) is 0 Å². The van der Waals surface area contributed by atoms with E-state index in [9.17, 15) is 4.79 Å². The highest BCUT2D eigenvalue weighted by Gasteiger charge is 2.16. The maximum absolute atomic E-state index is 12.6. The first-order valence-electron chi connectivity index (χ1n) is 5.90. The van der Waals surface area contributed by atoms with E-state index in [0.717, 1.165) is 21.1 Å². The predicted octanol–water partition coefficient (Wildman–Crippen LogP) is 3.86. The molecule has 4 heteroatoms. The maximum Gasteiger partial charge on any atom is 0.195 e. The van der Waals surface area contributed by atoms with Gasteiger partial charge in [-0.15, -0.1) is 0 Å². The lowest BCUT2D eigenvalue weighted by Crippen LogP contribution is -2.02. The van der Waals surface area contributed by atoms with Crippen LogP contribution >= 0.6 is 15.9 Å². The first-order valence-corrected chi connectivity index (χ1v) is 6.69. The zero-order chi connectivity index (χ0) is 13.4. The summed E-state index contributed by atoms with van der Waals surface area (Å²) >= 11 is 3.41. The molecule has 1 aromatic carbocycles. The van der Waals surface area contributed by atoms with Crippen molar-refractivity contribution in [2.75, 3.05) is 0 Å². The number of nitrogens with one attached hydrogen (secondary N) is 1. The Morgan fingerprint density at radius 3 is 2.89 bits per heavy atom. The summed E-state index contributed by atoms with van der Waals surface area (Å²) in [4.78, 5) is 19.8. The molecule has 0 saturated carbocycles. The summed E-state index contributed by atoms with van der Waals surface area (Å²) in [5.41, 5.74) is 3.07. The number of pyridine rings is 1. The van der Waals surface area contributed by atoms with Crippen LogP contribution in [0.25, 0.3) is 11.0 Å². The van der Waals surface area contributed by atoms with Crippen molar-refractivity contribution in [3.63, 3.8) is 0 Å². The van der Waals surface area contributed by atoms with Gasteiger partial charge in [0.15, 0.2) is 5.78 Å². The molecule has 0 amide bonds. The Labute approximate surface area is 118 Å². The lowest BCUT2D eigenvalue weighted by atomic mass is 9.99. The van der Waals surface area contributed by atoms with Crippen molar-refractivity contribution in [2.24, 2.45) is 0 Å². The molecule has 0 aliphatic rings. The Morgan fingerprint density at radius 1 is 1.26 bits per heavy atom. The molecular weight excluding hydrogens is 304 g/mol. The largest absolute Gasteiger partial charge is 0.345 e. The molecule has 3 rings (SSSR count). The minimum Gasteiger partial charge on any atom is -0.345 e. The Balaban J connectivity index is 2.13. The average molecular weight is 315 g/mol. The molecule has 2 aromatic heterocycles. The number of halogens is 1. The fraction of sp³-hybridized carbons (Fsp3) is 0.0667. The second kappa shape index (κ2) is 4.63. The van der Waals surface area contributed by atoms with Gasteiger partial charge in [0.05, 0.1) is 0 Å². The van der Waals surface area contributed by atoms with Gasteiger partial charge < -0.3 is 4.98 Å². The molecule has 0 saturated heterocycles. The zero-order valence-corrected chi connectivity index (χ0v) is 11.9. The summed E-state index contributed by atoms with van der Waals surface area (Å²) in [6.45, 7) is 1.94. The molecule has 94 valence electrons. The van der Waals surface area contributed by atoms with Crippen LogP contribution in [0.3, 0.4) is 0 Å². The molecule has 0 bridgehead atoms. The molecule has 0 aliphatic heterocycles. The minimum atomic E-state index is 0.0178. The normalized spacial score (nSPS) is 10.8. The summed E-state index contributed by atoms with van der Waals surface area (Å²) in [6, 6.07) is 9.41. The van der Waals surface area contributed by atoms with E-state index in [4.69, 9.17) is 0 Å². The number of benzene rings is 1. The van der Waals surface area contributed by atoms with Crippen LogP contribution in [0.2, 0.25) is 0 Å². The fourth-order valence-corrected chi connectivity index (χ4v) is 2.65. The number of H-pyrrole nitrogens is 1. The second-order valence-electron chi connectivity index (χ2n) is 4.39. The Bertz CT molecular complexity index is 777. The van der Waals surface area contributed by atoms with Gasteiger partial charge in [-0.3, -0.25) is 4.79 Å². The van der Waals surface area contributed by atoms with E-state index in [2.05, 4.69) is 25.9 Å². The van der Waals surface area contributed by atoms with Gasteiger partial charge in [0.25, 0.3) is 0 Å². The lowest BCUT2D eigenvalue weighted by molar-refractivity contribution is 0.103. The van der Waals surface area contributed by atoms with E-state index in [0.29, 0.717) is 11.1 Å². The van der Waals surface area contributed by atoms with Crippen molar-refractivity contribution in [3.05, 3.63) is 63.9 Å². The number of aryl methyl sites for hydroxylation is 1. The highest BCUT2D eigenvalue weighted by molar-refractivity contribution is 9.10. The summed E-state index contributed by atoms with van der Waals surface area (Å²) in [5.74, 6) is 0.0178. The standard InChI is InChI=1S/C15H11BrN2O/c1-9-7-10(16)4-5-11(9)14(19)13-8-18-15-12(13)3-2-6-17-15/h2-8H,1H3,(H,17,18). The average Bonchev–Trinajstić information content (AvgIpc) is 2.82. The van der Waals surface area contributed by atoms with Crippen molar-refractivity contribution < 1.29 is 4.79 Å². The number of aromatic amines is 1. The van der Waals surface area contributed by atoms with E-state index in [1.165, 1.54) is 0 Å². The van der Waals surface area contributed by atoms with Gasteiger partial charge >= 0.3 is 0 Å². The quantitative estimate of drug-likeness (QED) is 0.730. The molecule has 2 heterocycles. The van der Waals surface area contributed by atoms with Gasteiger partial charge in [0, 0.05) is 33.4 Å². The van der Waals surface area contributed by atoms with Crippen molar-refractivity contribution in [1.82, 2.24) is 9.97 Å². The number of carbonyl (C=O) groups is 1. The van der Waals surface area contributed by atoms with Gasteiger partial charge in [-0.1, -0.05) is 15.9 Å². The Kier molecular flexibility index (Phi) is 2.95. The molecule has 0 aliphatic carbocycles. The van der Waals surface area contributed by atoms with Crippen LogP contribution in [0.5, 0.6) is 0 Å². The highest BCUT2D eigenvalue weighted by Crippen LogP contribution is 2.23. The highest BCUT2D eigenvalue weighted by atomic mass is 79.9. The van der Waals surface area contributed by atoms with Crippen LogP contribution in [-0.4, -0.2) is 15.8 Å². The second-order valence-corrected chi connectivity index (χ2v) is 5.31. The minimum absolute atomic E-state index is 0.0178. The van der Waals surface area contributed by atoms with E-state index >= 15 is 0 Å². The molecule has 0 atom stereocenters. The molecule has 0 unspecified atom stereocenters. The number of fused-ring (bicyclic) bond motifs is 1. The number of rotatable bonds is 2. The summed E-state index contributed by atoms with van der Waals surface area (Å²) in [7, 11) is 0. The monoisotopic (exact) mass is 314 g/mol. The van der Waals surface area contributed by atoms with Gasteiger partial charge in [0.2, 0.25) is 0 Å². The van der Waals surface area contributed by atoms with Gasteiger partial charge in [-0.25, -0.2) is 4.98 Å². The number of hydrogen-bond acceptors (Lipinski definition) is 2. The fourth-order valence-electron chi connectivity index (χ4n) is 2.17. The van der Waals surface area contributed by atoms with Gasteiger partial charge in [-0.2, -0.15) is 0 Å². The molecule has 1 N–H and O–H groups in total. The topological polar surface area (TPSA) is 45.8 Å². The molecule has 0 fully saturated rings. The van der Waals surface area contributed by atoms with Gasteiger partial charge in [0.1, 0.15) is 5.65 Å². The number of carbonyl (C=O) groups excluding carboxylic acids is 1. The summed E-state index contributed by atoms with van der Waals surface area (Å²) < 4.78 is 0.974. The van der Waals surface area contributed by atoms with E-state index < -0.39 is 0 Å². The maximum atomic E-state index is 12.6. The molecule has 0 spiro atoms. The van der Waals surface area contributed by atoms with Crippen molar-refractivity contribution in [2.45, 2.75) is 6.92 Å². The van der Waals surface area contributed by atoms with Crippen molar-refractivity contribution >= 4 is 32.7 Å². The van der Waals surface area contributed by atoms with Crippen LogP contribution in [0.15, 0.2) is 47.2 Å². The Morgan fingerprint density at radius 2 is 2.11 bits per heavy atom. The molecule has 3 aromatic rings. The third-order valence-corrected chi connectivity index (χ3v) is 3.62. The smallest absolute Gasteiger partial charge is 0.195 e. The van der Waals surface area contributed by atoms with Crippen LogP contribution in [0, 0.1) is 6.92 Å². The SMILES string of the molecule is Cc1cc(Br)ccc1C(=O)c1c[nH]c2ncccc12. The van der Waals surface area contributed by atoms with Gasteiger partial charge in [-0.05, 0) is 42.8 Å². The van der Waals surface area contributed by atoms with E-state index in [1.807, 2.05) is 37.3 Å². The number of aromatic nitrogens is 2. The van der Waals surface area contributed by atoms with E-state index in [-0.39, 0.29) is 5.78 Å². The molecule has 19 heavy (non-hydrogen) atoms. The molecule has 0 radical (unpaired) electrons. The van der Waals surface area contributed by atoms with Crippen LogP contribution in [0.1, 0.15) is 21.5 Å². The third-order valence-electron chi connectivity index (χ3n) is 3.13. The number of ketones is 1. The lowest BCUT2D eigenvalue weighted by Gasteiger charge is -2.04. The first kappa shape index (κ1) is 12.1. The molecule has 3 nitrogen and oxygen atoms in total. The number of nitrogens with zero attached hydrogens (tertiary/aromatic N) is 1. The van der Waals surface area contributed by atoms with E-state index in [1.54, 1.807) is 12.4 Å². The van der Waals surface area contributed by atoms with Crippen LogP contribution < -0.4 is 0 Å². The van der Waals surface area contributed by atoms with Crippen LogP contribution in [0.4, 0.5) is 0 Å². The van der Waals surface area contributed by atoms with Crippen molar-refractivity contribution in [3.8, 4) is 0 Å². The van der Waals surface area contributed by atoms with Crippen LogP contribution in [-0.2, 0) is 0 Å². The summed E-state index contributed by atoms with van der Waals surface area (Å²) in [5, 5.41) is 0.856. The zero-order valence-electron chi connectivity index (χ0n) is 10.3. The first-order chi connectivity index (χ1) is 9.16. The summed E-state index contributed by atoms with van der Waals surface area (Å²) in [6.07, 6.45) is 3.43. The third kappa shape index (κ3) is 2.08. The predicted molar refractivity (Wildman–Crippen MR) is 78.4 cm³/mol. The molecular formula is C15H11BrN2O. The Hall–Kier alpha value is -1.94. The number of hydrogen-bond donors (Lipinski definition) is 1.